The molecule has 0 aliphatic heterocycles. The first-order chi connectivity index (χ1) is 8.29. The van der Waals surface area contributed by atoms with E-state index in [9.17, 15) is 4.79 Å². The first kappa shape index (κ1) is 15.1. The summed E-state index contributed by atoms with van der Waals surface area (Å²) < 4.78 is 4.91. The molecule has 1 aromatic rings. The zero-order chi connectivity index (χ0) is 13.8. The molecule has 4 heteroatoms. The maximum absolute atomic E-state index is 12.0. The van der Waals surface area contributed by atoms with E-state index in [1.54, 1.807) is 11.8 Å². The van der Waals surface area contributed by atoms with Gasteiger partial charge < -0.3 is 10.5 Å². The van der Waals surface area contributed by atoms with Gasteiger partial charge in [-0.1, -0.05) is 51.1 Å². The van der Waals surface area contributed by atoms with Gasteiger partial charge in [0.2, 0.25) is 0 Å². The van der Waals surface area contributed by atoms with Gasteiger partial charge in [-0.3, -0.25) is 0 Å². The standard InChI is InChI=1S/C14H21NO2S/c1-13(2,3)18-10-14(15,12(16)17-4)11-8-6-5-7-9-11/h5-9H,10,15H2,1-4H3. The largest absolute Gasteiger partial charge is 0.467 e. The van der Waals surface area contributed by atoms with Gasteiger partial charge >= 0.3 is 5.97 Å². The summed E-state index contributed by atoms with van der Waals surface area (Å²) in [6.45, 7) is 6.29. The zero-order valence-corrected chi connectivity index (χ0v) is 12.2. The molecule has 2 N–H and O–H groups in total. The predicted octanol–water partition coefficient (Wildman–Crippen LogP) is 2.55. The summed E-state index contributed by atoms with van der Waals surface area (Å²) in [6, 6.07) is 9.38. The molecule has 0 amide bonds. The topological polar surface area (TPSA) is 52.3 Å². The smallest absolute Gasteiger partial charge is 0.331 e. The summed E-state index contributed by atoms with van der Waals surface area (Å²) in [5, 5.41) is 0. The zero-order valence-electron chi connectivity index (χ0n) is 11.4. The van der Waals surface area contributed by atoms with E-state index in [-0.39, 0.29) is 4.75 Å². The molecule has 0 saturated heterocycles. The number of carbonyl (C=O) groups excluding carboxylic acids is 1. The summed E-state index contributed by atoms with van der Waals surface area (Å²) >= 11 is 1.65. The van der Waals surface area contributed by atoms with E-state index in [0.29, 0.717) is 5.75 Å². The lowest BCUT2D eigenvalue weighted by Gasteiger charge is -2.30. The van der Waals surface area contributed by atoms with Gasteiger partial charge in [0.15, 0.2) is 0 Å². The van der Waals surface area contributed by atoms with Gasteiger partial charge in [-0.15, -0.1) is 0 Å². The second-order valence-corrected chi connectivity index (χ2v) is 7.03. The van der Waals surface area contributed by atoms with Gasteiger partial charge in [0, 0.05) is 10.5 Å². The van der Waals surface area contributed by atoms with Gasteiger partial charge in [-0.2, -0.15) is 11.8 Å². The normalized spacial score (nSPS) is 14.9. The Morgan fingerprint density at radius 3 is 2.28 bits per heavy atom. The van der Waals surface area contributed by atoms with E-state index in [1.807, 2.05) is 30.3 Å². The predicted molar refractivity (Wildman–Crippen MR) is 76.5 cm³/mol. The number of hydrogen-bond donors (Lipinski definition) is 1. The van der Waals surface area contributed by atoms with Crippen LogP contribution < -0.4 is 5.73 Å². The second kappa shape index (κ2) is 5.76. The van der Waals surface area contributed by atoms with E-state index in [1.165, 1.54) is 7.11 Å². The molecule has 1 rings (SSSR count). The van der Waals surface area contributed by atoms with Crippen LogP contribution in [0.15, 0.2) is 30.3 Å². The van der Waals surface area contributed by atoms with Crippen molar-refractivity contribution >= 4 is 17.7 Å². The fourth-order valence-corrected chi connectivity index (χ4v) is 2.45. The lowest BCUT2D eigenvalue weighted by Crippen LogP contribution is -2.48. The number of esters is 1. The molecule has 0 radical (unpaired) electrons. The molecule has 0 spiro atoms. The van der Waals surface area contributed by atoms with Crippen LogP contribution in [0.2, 0.25) is 0 Å². The highest BCUT2D eigenvalue weighted by Crippen LogP contribution is 2.31. The van der Waals surface area contributed by atoms with Crippen LogP contribution in [0, 0.1) is 0 Å². The minimum absolute atomic E-state index is 0.0490. The minimum Gasteiger partial charge on any atom is -0.467 e. The van der Waals surface area contributed by atoms with Crippen molar-refractivity contribution in [2.75, 3.05) is 12.9 Å². The molecule has 0 aliphatic rings. The van der Waals surface area contributed by atoms with Crippen LogP contribution in [0.25, 0.3) is 0 Å². The van der Waals surface area contributed by atoms with Crippen molar-refractivity contribution in [3.63, 3.8) is 0 Å². The van der Waals surface area contributed by atoms with Gasteiger partial charge in [0.05, 0.1) is 7.11 Å². The van der Waals surface area contributed by atoms with Crippen LogP contribution in [-0.2, 0) is 15.1 Å². The first-order valence-corrected chi connectivity index (χ1v) is 6.85. The summed E-state index contributed by atoms with van der Waals surface area (Å²) in [6.07, 6.45) is 0. The lowest BCUT2D eigenvalue weighted by atomic mass is 9.93. The highest BCUT2D eigenvalue weighted by atomic mass is 32.2. The number of rotatable bonds is 4. The Morgan fingerprint density at radius 1 is 1.28 bits per heavy atom. The van der Waals surface area contributed by atoms with Crippen LogP contribution in [-0.4, -0.2) is 23.6 Å². The monoisotopic (exact) mass is 267 g/mol. The number of methoxy groups -OCH3 is 1. The lowest BCUT2D eigenvalue weighted by molar-refractivity contribution is -0.146. The number of thioether (sulfide) groups is 1. The van der Waals surface area contributed by atoms with Gasteiger partial charge in [0.1, 0.15) is 5.54 Å². The number of carbonyl (C=O) groups is 1. The van der Waals surface area contributed by atoms with Crippen molar-refractivity contribution < 1.29 is 9.53 Å². The van der Waals surface area contributed by atoms with Crippen LogP contribution in [0.5, 0.6) is 0 Å². The highest BCUT2D eigenvalue weighted by Gasteiger charge is 2.38. The Hall–Kier alpha value is -1.00. The summed E-state index contributed by atoms with van der Waals surface area (Å²) in [5.41, 5.74) is 5.98. The molecule has 0 heterocycles. The van der Waals surface area contributed by atoms with Crippen LogP contribution >= 0.6 is 11.8 Å². The maximum atomic E-state index is 12.0. The Labute approximate surface area is 113 Å². The molecule has 0 aromatic heterocycles. The Bertz CT molecular complexity index is 400. The van der Waals surface area contributed by atoms with E-state index >= 15 is 0 Å². The maximum Gasteiger partial charge on any atom is 0.331 e. The van der Waals surface area contributed by atoms with Crippen LogP contribution in [0.3, 0.4) is 0 Å². The van der Waals surface area contributed by atoms with Crippen molar-refractivity contribution in [3.05, 3.63) is 35.9 Å². The number of benzene rings is 1. The Morgan fingerprint density at radius 2 is 1.83 bits per heavy atom. The van der Waals surface area contributed by atoms with Crippen molar-refractivity contribution in [3.8, 4) is 0 Å². The minimum atomic E-state index is -1.09. The molecule has 3 nitrogen and oxygen atoms in total. The molecule has 1 aromatic carbocycles. The third kappa shape index (κ3) is 3.75. The van der Waals surface area contributed by atoms with Crippen molar-refractivity contribution in [2.45, 2.75) is 31.1 Å². The molecule has 1 atom stereocenters. The molecular formula is C14H21NO2S. The molecule has 0 saturated carbocycles. The van der Waals surface area contributed by atoms with E-state index in [4.69, 9.17) is 10.5 Å². The number of nitrogens with two attached hydrogens (primary N) is 1. The molecule has 0 aliphatic carbocycles. The molecular weight excluding hydrogens is 246 g/mol. The quantitative estimate of drug-likeness (QED) is 0.852. The fraction of sp³-hybridized carbons (Fsp3) is 0.500. The SMILES string of the molecule is COC(=O)C(N)(CSC(C)(C)C)c1ccccc1. The third-order valence-corrected chi connectivity index (χ3v) is 4.04. The molecule has 1 unspecified atom stereocenters. The molecule has 0 fully saturated rings. The fourth-order valence-electron chi connectivity index (χ4n) is 1.51. The summed E-state index contributed by atoms with van der Waals surface area (Å²) in [7, 11) is 1.37. The van der Waals surface area contributed by atoms with Gasteiger partial charge in [-0.25, -0.2) is 4.79 Å². The summed E-state index contributed by atoms with van der Waals surface area (Å²) in [5.74, 6) is 0.0955. The molecule has 100 valence electrons. The van der Waals surface area contributed by atoms with E-state index < -0.39 is 11.5 Å². The highest BCUT2D eigenvalue weighted by molar-refractivity contribution is 8.00. The first-order valence-electron chi connectivity index (χ1n) is 5.86. The summed E-state index contributed by atoms with van der Waals surface area (Å²) in [4.78, 5) is 12.0. The number of ether oxygens (including phenoxy) is 1. The Balaban J connectivity index is 3.00. The molecule has 0 bridgehead atoms. The average molecular weight is 267 g/mol. The Kier molecular flexibility index (Phi) is 4.82. The third-order valence-electron chi connectivity index (χ3n) is 2.57. The van der Waals surface area contributed by atoms with Crippen molar-refractivity contribution in [2.24, 2.45) is 5.73 Å². The average Bonchev–Trinajstić information content (AvgIpc) is 2.35. The molecule has 18 heavy (non-hydrogen) atoms. The van der Waals surface area contributed by atoms with Crippen molar-refractivity contribution in [1.29, 1.82) is 0 Å². The van der Waals surface area contributed by atoms with E-state index in [0.717, 1.165) is 5.56 Å². The van der Waals surface area contributed by atoms with Crippen LogP contribution in [0.1, 0.15) is 26.3 Å². The number of hydrogen-bond acceptors (Lipinski definition) is 4. The van der Waals surface area contributed by atoms with Gasteiger partial charge in [-0.05, 0) is 5.56 Å². The second-order valence-electron chi connectivity index (χ2n) is 5.23. The van der Waals surface area contributed by atoms with Crippen LogP contribution in [0.4, 0.5) is 0 Å². The van der Waals surface area contributed by atoms with Gasteiger partial charge in [0.25, 0.3) is 0 Å². The van der Waals surface area contributed by atoms with E-state index in [2.05, 4.69) is 20.8 Å². The van der Waals surface area contributed by atoms with Crippen molar-refractivity contribution in [1.82, 2.24) is 0 Å².